The Hall–Kier alpha value is -2.10. The van der Waals surface area contributed by atoms with E-state index in [1.165, 1.54) is 23.3 Å². The molecule has 3 aliphatic heterocycles. The van der Waals surface area contributed by atoms with Crippen LogP contribution in [0, 0.1) is 5.92 Å². The van der Waals surface area contributed by atoms with Gasteiger partial charge < -0.3 is 9.64 Å². The van der Waals surface area contributed by atoms with E-state index in [1.54, 1.807) is 0 Å². The number of nitrogens with zero attached hydrogens (tertiary/aromatic N) is 2. The minimum atomic E-state index is -0.233. The number of hydrogen-bond donors (Lipinski definition) is 0. The molecule has 0 spiro atoms. The minimum Gasteiger partial charge on any atom is -0.461 e. The molecule has 0 aliphatic carbocycles. The van der Waals surface area contributed by atoms with Crippen molar-refractivity contribution in [1.29, 1.82) is 0 Å². The van der Waals surface area contributed by atoms with Crippen LogP contribution in [-0.4, -0.2) is 35.3 Å². The van der Waals surface area contributed by atoms with Crippen LogP contribution in [0.4, 0.5) is 5.69 Å². The molecular weight excluding hydrogens is 312 g/mol. The van der Waals surface area contributed by atoms with E-state index in [0.29, 0.717) is 12.3 Å². The van der Waals surface area contributed by atoms with Crippen LogP contribution in [0.3, 0.4) is 0 Å². The number of allylic oxidation sites excluding steroid dienone is 2. The SMILES string of the molecule is CCC1CCCN2C1=C1C(=Nc3ccccc31)CC2C(=O)OC(C)C. The van der Waals surface area contributed by atoms with Crippen molar-refractivity contribution in [2.75, 3.05) is 6.54 Å². The number of ether oxygens (including phenoxy) is 1. The number of aliphatic imine (C=N–C) groups is 1. The number of piperidine rings is 1. The van der Waals surface area contributed by atoms with Crippen LogP contribution in [0.25, 0.3) is 5.57 Å². The molecule has 4 rings (SSSR count). The van der Waals surface area contributed by atoms with Crippen LogP contribution in [0.2, 0.25) is 0 Å². The molecule has 1 aromatic rings. The molecule has 0 bridgehead atoms. The summed E-state index contributed by atoms with van der Waals surface area (Å²) in [5, 5.41) is 0. The molecule has 2 atom stereocenters. The summed E-state index contributed by atoms with van der Waals surface area (Å²) in [5.74, 6) is 0.386. The summed E-state index contributed by atoms with van der Waals surface area (Å²) in [6, 6.07) is 8.12. The first-order valence-electron chi connectivity index (χ1n) is 9.48. The molecule has 2 unspecified atom stereocenters. The molecule has 1 saturated heterocycles. The fraction of sp³-hybridized carbons (Fsp3) is 0.524. The van der Waals surface area contributed by atoms with Crippen molar-refractivity contribution in [3.05, 3.63) is 35.5 Å². The maximum atomic E-state index is 12.8. The molecule has 0 amide bonds. The van der Waals surface area contributed by atoms with Crippen molar-refractivity contribution in [3.8, 4) is 0 Å². The van der Waals surface area contributed by atoms with Crippen LogP contribution in [-0.2, 0) is 9.53 Å². The molecule has 4 heteroatoms. The van der Waals surface area contributed by atoms with E-state index in [-0.39, 0.29) is 18.1 Å². The fourth-order valence-electron chi connectivity index (χ4n) is 4.46. The van der Waals surface area contributed by atoms with E-state index in [9.17, 15) is 4.79 Å². The number of fused-ring (bicyclic) bond motifs is 4. The van der Waals surface area contributed by atoms with Gasteiger partial charge in [-0.2, -0.15) is 0 Å². The van der Waals surface area contributed by atoms with Gasteiger partial charge in [0.25, 0.3) is 0 Å². The first kappa shape index (κ1) is 16.4. The lowest BCUT2D eigenvalue weighted by molar-refractivity contribution is -0.153. The lowest BCUT2D eigenvalue weighted by Gasteiger charge is -2.45. The van der Waals surface area contributed by atoms with Gasteiger partial charge in [0.2, 0.25) is 0 Å². The van der Waals surface area contributed by atoms with Crippen molar-refractivity contribution in [3.63, 3.8) is 0 Å². The molecule has 0 saturated carbocycles. The van der Waals surface area contributed by atoms with E-state index in [0.717, 1.165) is 30.8 Å². The molecule has 3 aliphatic rings. The van der Waals surface area contributed by atoms with Gasteiger partial charge in [-0.15, -0.1) is 0 Å². The summed E-state index contributed by atoms with van der Waals surface area (Å²) in [5.41, 5.74) is 5.95. The Morgan fingerprint density at radius 3 is 2.92 bits per heavy atom. The third-order valence-electron chi connectivity index (χ3n) is 5.50. The van der Waals surface area contributed by atoms with Gasteiger partial charge in [-0.05, 0) is 45.1 Å². The first-order chi connectivity index (χ1) is 12.1. The number of para-hydroxylation sites is 1. The molecule has 0 aromatic heterocycles. The second-order valence-corrected chi connectivity index (χ2v) is 7.48. The number of carbonyl (C=O) groups excluding carboxylic acids is 1. The predicted molar refractivity (Wildman–Crippen MR) is 99.8 cm³/mol. The summed E-state index contributed by atoms with van der Waals surface area (Å²) in [6.07, 6.45) is 3.98. The third-order valence-corrected chi connectivity index (χ3v) is 5.50. The predicted octanol–water partition coefficient (Wildman–Crippen LogP) is 4.33. The van der Waals surface area contributed by atoms with Crippen LogP contribution >= 0.6 is 0 Å². The van der Waals surface area contributed by atoms with E-state index in [4.69, 9.17) is 9.73 Å². The van der Waals surface area contributed by atoms with Crippen molar-refractivity contribution in [2.24, 2.45) is 10.9 Å². The zero-order chi connectivity index (χ0) is 17.6. The Bertz CT molecular complexity index is 763. The Morgan fingerprint density at radius 1 is 1.36 bits per heavy atom. The lowest BCUT2D eigenvalue weighted by atomic mass is 9.80. The highest BCUT2D eigenvalue weighted by Gasteiger charge is 2.43. The van der Waals surface area contributed by atoms with E-state index in [2.05, 4.69) is 30.0 Å². The largest absolute Gasteiger partial charge is 0.461 e. The fourth-order valence-corrected chi connectivity index (χ4v) is 4.46. The quantitative estimate of drug-likeness (QED) is 0.770. The van der Waals surface area contributed by atoms with Gasteiger partial charge in [0.1, 0.15) is 6.04 Å². The van der Waals surface area contributed by atoms with Crippen molar-refractivity contribution < 1.29 is 9.53 Å². The molecular formula is C21H26N2O2. The normalized spacial score (nSPS) is 24.6. The number of rotatable bonds is 3. The summed E-state index contributed by atoms with van der Waals surface area (Å²) < 4.78 is 5.57. The molecule has 1 aromatic carbocycles. The maximum absolute atomic E-state index is 12.8. The van der Waals surface area contributed by atoms with Crippen molar-refractivity contribution >= 4 is 22.9 Å². The molecule has 132 valence electrons. The van der Waals surface area contributed by atoms with Crippen LogP contribution in [0.1, 0.15) is 52.0 Å². The van der Waals surface area contributed by atoms with Gasteiger partial charge in [-0.3, -0.25) is 4.99 Å². The van der Waals surface area contributed by atoms with Crippen LogP contribution in [0.5, 0.6) is 0 Å². The second kappa shape index (κ2) is 6.32. The highest BCUT2D eigenvalue weighted by Crippen LogP contribution is 2.47. The Kier molecular flexibility index (Phi) is 4.14. The maximum Gasteiger partial charge on any atom is 0.329 e. The summed E-state index contributed by atoms with van der Waals surface area (Å²) in [6.45, 7) is 7.01. The Balaban J connectivity index is 1.82. The van der Waals surface area contributed by atoms with Gasteiger partial charge in [0.05, 0.1) is 17.5 Å². The van der Waals surface area contributed by atoms with E-state index >= 15 is 0 Å². The van der Waals surface area contributed by atoms with E-state index in [1.807, 2.05) is 19.9 Å². The Morgan fingerprint density at radius 2 is 2.16 bits per heavy atom. The number of hydrogen-bond acceptors (Lipinski definition) is 4. The van der Waals surface area contributed by atoms with Crippen molar-refractivity contribution in [1.82, 2.24) is 4.90 Å². The van der Waals surface area contributed by atoms with Crippen LogP contribution < -0.4 is 0 Å². The molecule has 4 nitrogen and oxygen atoms in total. The van der Waals surface area contributed by atoms with Gasteiger partial charge in [-0.25, -0.2) is 4.79 Å². The molecule has 3 heterocycles. The lowest BCUT2D eigenvalue weighted by Crippen LogP contribution is -2.50. The van der Waals surface area contributed by atoms with Crippen LogP contribution in [0.15, 0.2) is 35.0 Å². The van der Waals surface area contributed by atoms with E-state index < -0.39 is 0 Å². The monoisotopic (exact) mass is 338 g/mol. The summed E-state index contributed by atoms with van der Waals surface area (Å²) in [4.78, 5) is 20.0. The molecule has 1 fully saturated rings. The first-order valence-corrected chi connectivity index (χ1v) is 9.48. The average Bonchev–Trinajstić information content (AvgIpc) is 2.98. The highest BCUT2D eigenvalue weighted by atomic mass is 16.5. The standard InChI is InChI=1S/C21H26N2O2/c1-4-14-8-7-11-23-18(21(24)25-13(2)3)12-17-19(20(14)23)15-9-5-6-10-16(15)22-17/h5-6,9-10,13-14,18H,4,7-8,11-12H2,1-3H3. The minimum absolute atomic E-state index is 0.0872. The summed E-state index contributed by atoms with van der Waals surface area (Å²) in [7, 11) is 0. The molecule has 25 heavy (non-hydrogen) atoms. The Labute approximate surface area is 149 Å². The summed E-state index contributed by atoms with van der Waals surface area (Å²) >= 11 is 0. The highest BCUT2D eigenvalue weighted by molar-refractivity contribution is 6.31. The van der Waals surface area contributed by atoms with Gasteiger partial charge in [-0.1, -0.05) is 25.1 Å². The molecule has 0 radical (unpaired) electrons. The smallest absolute Gasteiger partial charge is 0.329 e. The van der Waals surface area contributed by atoms with Gasteiger partial charge in [0.15, 0.2) is 0 Å². The third kappa shape index (κ3) is 2.68. The van der Waals surface area contributed by atoms with Gasteiger partial charge in [0, 0.05) is 29.8 Å². The average molecular weight is 338 g/mol. The van der Waals surface area contributed by atoms with Crippen molar-refractivity contribution in [2.45, 2.75) is 58.6 Å². The number of benzene rings is 1. The van der Waals surface area contributed by atoms with Gasteiger partial charge >= 0.3 is 5.97 Å². The number of carbonyl (C=O) groups is 1. The second-order valence-electron chi connectivity index (χ2n) is 7.48. The number of esters is 1. The zero-order valence-electron chi connectivity index (χ0n) is 15.3. The molecule has 0 N–H and O–H groups in total. The topological polar surface area (TPSA) is 41.9 Å². The zero-order valence-corrected chi connectivity index (χ0v) is 15.3.